The van der Waals surface area contributed by atoms with Gasteiger partial charge in [-0.15, -0.1) is 0 Å². The lowest BCUT2D eigenvalue weighted by atomic mass is 9.69. The summed E-state index contributed by atoms with van der Waals surface area (Å²) in [6.07, 6.45) is 7.59. The Balaban J connectivity index is 1.19. The number of fused-ring (bicyclic) bond motifs is 3. The average molecular weight is 686 g/mol. The van der Waals surface area contributed by atoms with Crippen molar-refractivity contribution in [3.05, 3.63) is 198 Å². The van der Waals surface area contributed by atoms with Gasteiger partial charge in [0.25, 0.3) is 0 Å². The van der Waals surface area contributed by atoms with Crippen LogP contribution in [0.25, 0.3) is 33.4 Å². The van der Waals surface area contributed by atoms with Gasteiger partial charge in [0, 0.05) is 27.9 Å². The summed E-state index contributed by atoms with van der Waals surface area (Å²) in [5, 5.41) is 0. The zero-order chi connectivity index (χ0) is 35.8. The summed E-state index contributed by atoms with van der Waals surface area (Å²) in [4.78, 5) is 2.46. The summed E-state index contributed by atoms with van der Waals surface area (Å²) in [5.74, 6) is 0. The fraction of sp³-hybridized carbons (Fsp3) is 0.192. The lowest BCUT2D eigenvalue weighted by Crippen LogP contribution is -2.27. The monoisotopic (exact) mass is 685 g/mol. The van der Waals surface area contributed by atoms with Crippen LogP contribution in [0.3, 0.4) is 0 Å². The molecular formula is C52H47N. The molecule has 0 atom stereocenters. The summed E-state index contributed by atoms with van der Waals surface area (Å²) in [6.45, 7) is 4.75. The number of anilines is 3. The molecule has 1 heteroatoms. The van der Waals surface area contributed by atoms with Crippen LogP contribution in [-0.4, -0.2) is 0 Å². The second-order valence-electron chi connectivity index (χ2n) is 15.6. The molecule has 53 heavy (non-hydrogen) atoms. The first-order chi connectivity index (χ1) is 26.0. The molecule has 0 N–H and O–H groups in total. The highest BCUT2D eigenvalue weighted by atomic mass is 15.1. The van der Waals surface area contributed by atoms with Crippen molar-refractivity contribution >= 4 is 17.1 Å². The molecule has 0 amide bonds. The van der Waals surface area contributed by atoms with E-state index in [1.807, 2.05) is 0 Å². The molecule has 260 valence electrons. The Hall–Kier alpha value is -5.66. The number of rotatable bonds is 7. The maximum Gasteiger partial charge on any atom is 0.0468 e. The van der Waals surface area contributed by atoms with Gasteiger partial charge in [0.05, 0.1) is 0 Å². The third-order valence-electron chi connectivity index (χ3n) is 12.2. The Kier molecular flexibility index (Phi) is 8.59. The minimum Gasteiger partial charge on any atom is -0.310 e. The smallest absolute Gasteiger partial charge is 0.0468 e. The summed E-state index contributed by atoms with van der Waals surface area (Å²) in [5.41, 5.74) is 16.8. The summed E-state index contributed by atoms with van der Waals surface area (Å²) in [7, 11) is 0. The summed E-state index contributed by atoms with van der Waals surface area (Å²) < 4.78 is 0. The van der Waals surface area contributed by atoms with Crippen molar-refractivity contribution in [1.82, 2.24) is 0 Å². The SMILES string of the molecule is CC1(C)c2ccc(N(c3ccc(-c4ccccc4)cc3)c3ccc(C4(c5ccccc5)CCCCCC4)cc3)cc2-c2c(-c3ccccc3)cccc21. The van der Waals surface area contributed by atoms with E-state index < -0.39 is 0 Å². The number of hydrogen-bond donors (Lipinski definition) is 0. The van der Waals surface area contributed by atoms with E-state index in [1.165, 1.54) is 106 Å². The molecule has 0 saturated heterocycles. The maximum absolute atomic E-state index is 2.46. The molecule has 0 bridgehead atoms. The van der Waals surface area contributed by atoms with Crippen LogP contribution in [0, 0.1) is 0 Å². The summed E-state index contributed by atoms with van der Waals surface area (Å²) in [6, 6.07) is 65.6. The number of benzene rings is 7. The van der Waals surface area contributed by atoms with Crippen molar-refractivity contribution < 1.29 is 0 Å². The molecule has 1 nitrogen and oxygen atoms in total. The highest BCUT2D eigenvalue weighted by Gasteiger charge is 2.38. The molecule has 0 radical (unpaired) electrons. The highest BCUT2D eigenvalue weighted by Crippen LogP contribution is 2.54. The van der Waals surface area contributed by atoms with E-state index >= 15 is 0 Å². The lowest BCUT2D eigenvalue weighted by Gasteiger charge is -2.35. The van der Waals surface area contributed by atoms with Gasteiger partial charge in [0.15, 0.2) is 0 Å². The predicted octanol–water partition coefficient (Wildman–Crippen LogP) is 14.4. The van der Waals surface area contributed by atoms with E-state index in [4.69, 9.17) is 0 Å². The molecule has 7 aromatic rings. The van der Waals surface area contributed by atoms with Crippen LogP contribution >= 0.6 is 0 Å². The quantitative estimate of drug-likeness (QED) is 0.151. The Bertz CT molecular complexity index is 2330. The largest absolute Gasteiger partial charge is 0.310 e. The number of nitrogens with zero attached hydrogens (tertiary/aromatic N) is 1. The predicted molar refractivity (Wildman–Crippen MR) is 224 cm³/mol. The molecule has 0 aliphatic heterocycles. The minimum absolute atomic E-state index is 0.0507. The maximum atomic E-state index is 2.46. The van der Waals surface area contributed by atoms with Crippen LogP contribution in [-0.2, 0) is 10.8 Å². The van der Waals surface area contributed by atoms with Gasteiger partial charge in [-0.1, -0.05) is 179 Å². The Morgan fingerprint density at radius 2 is 0.925 bits per heavy atom. The van der Waals surface area contributed by atoms with Crippen LogP contribution in [0.4, 0.5) is 17.1 Å². The van der Waals surface area contributed by atoms with Crippen molar-refractivity contribution in [3.8, 4) is 33.4 Å². The van der Waals surface area contributed by atoms with Crippen LogP contribution in [0.15, 0.2) is 176 Å². The Labute approximate surface area is 315 Å². The molecule has 2 aliphatic carbocycles. The fourth-order valence-corrected chi connectivity index (χ4v) is 9.43. The van der Waals surface area contributed by atoms with Crippen LogP contribution in [0.2, 0.25) is 0 Å². The van der Waals surface area contributed by atoms with E-state index in [0.717, 1.165) is 5.69 Å². The van der Waals surface area contributed by atoms with Gasteiger partial charge in [0.1, 0.15) is 0 Å². The lowest BCUT2D eigenvalue weighted by molar-refractivity contribution is 0.446. The van der Waals surface area contributed by atoms with Crippen molar-refractivity contribution in [2.75, 3.05) is 4.90 Å². The zero-order valence-corrected chi connectivity index (χ0v) is 30.9. The Morgan fingerprint density at radius 1 is 0.396 bits per heavy atom. The van der Waals surface area contributed by atoms with Crippen molar-refractivity contribution in [3.63, 3.8) is 0 Å². The van der Waals surface area contributed by atoms with E-state index in [0.29, 0.717) is 0 Å². The fourth-order valence-electron chi connectivity index (χ4n) is 9.43. The average Bonchev–Trinajstić information content (AvgIpc) is 3.35. The second-order valence-corrected chi connectivity index (χ2v) is 15.6. The molecule has 9 rings (SSSR count). The van der Waals surface area contributed by atoms with E-state index in [-0.39, 0.29) is 10.8 Å². The molecule has 0 heterocycles. The minimum atomic E-state index is -0.0950. The van der Waals surface area contributed by atoms with Gasteiger partial charge in [-0.2, -0.15) is 0 Å². The molecule has 1 fully saturated rings. The number of hydrogen-bond acceptors (Lipinski definition) is 1. The van der Waals surface area contributed by atoms with E-state index in [9.17, 15) is 0 Å². The van der Waals surface area contributed by atoms with Crippen LogP contribution < -0.4 is 4.90 Å². The normalized spacial score (nSPS) is 15.6. The molecule has 2 aliphatic rings. The topological polar surface area (TPSA) is 3.24 Å². The standard InChI is InChI=1S/C52H47N/c1-51(2)48-34-33-45(37-47(48)50-46(23-16-24-49(50)51)40-19-10-6-11-20-40)53(43-29-25-39(26-30-43)38-17-8-5-9-18-38)44-31-27-42(28-32-44)52(35-14-3-4-15-36-52)41-21-12-7-13-22-41/h5-13,16-34,37H,3-4,14-15,35-36H2,1-2H3. The summed E-state index contributed by atoms with van der Waals surface area (Å²) >= 11 is 0. The first-order valence-corrected chi connectivity index (χ1v) is 19.5. The van der Waals surface area contributed by atoms with Gasteiger partial charge in [-0.25, -0.2) is 0 Å². The zero-order valence-electron chi connectivity index (χ0n) is 30.9. The van der Waals surface area contributed by atoms with Gasteiger partial charge in [-0.05, 0) is 105 Å². The Morgan fingerprint density at radius 3 is 1.57 bits per heavy atom. The van der Waals surface area contributed by atoms with Gasteiger partial charge >= 0.3 is 0 Å². The molecule has 0 aromatic heterocycles. The molecule has 7 aromatic carbocycles. The van der Waals surface area contributed by atoms with Gasteiger partial charge in [-0.3, -0.25) is 0 Å². The molecular weight excluding hydrogens is 639 g/mol. The van der Waals surface area contributed by atoms with Gasteiger partial charge < -0.3 is 4.90 Å². The van der Waals surface area contributed by atoms with E-state index in [1.54, 1.807) is 0 Å². The van der Waals surface area contributed by atoms with Crippen molar-refractivity contribution in [2.24, 2.45) is 0 Å². The molecule has 1 saturated carbocycles. The van der Waals surface area contributed by atoms with Gasteiger partial charge in [0.2, 0.25) is 0 Å². The van der Waals surface area contributed by atoms with Crippen LogP contribution in [0.5, 0.6) is 0 Å². The molecule has 0 spiro atoms. The second kappa shape index (κ2) is 13.7. The van der Waals surface area contributed by atoms with Crippen molar-refractivity contribution in [2.45, 2.75) is 63.2 Å². The van der Waals surface area contributed by atoms with E-state index in [2.05, 4.69) is 195 Å². The third-order valence-corrected chi connectivity index (χ3v) is 12.2. The first kappa shape index (κ1) is 33.2. The third kappa shape index (κ3) is 5.89. The molecule has 0 unspecified atom stereocenters. The highest BCUT2D eigenvalue weighted by molar-refractivity contribution is 5.94. The van der Waals surface area contributed by atoms with Crippen LogP contribution in [0.1, 0.15) is 74.6 Å². The van der Waals surface area contributed by atoms with Crippen molar-refractivity contribution in [1.29, 1.82) is 0 Å². The first-order valence-electron chi connectivity index (χ1n) is 19.5.